The maximum atomic E-state index is 4.54. The van der Waals surface area contributed by atoms with Crippen LogP contribution in [0.2, 0.25) is 0 Å². The van der Waals surface area contributed by atoms with Crippen molar-refractivity contribution in [3.05, 3.63) is 22.3 Å². The number of hydrogen-bond acceptors (Lipinski definition) is 2. The summed E-state index contributed by atoms with van der Waals surface area (Å²) in [4.78, 5) is 4.54. The van der Waals surface area contributed by atoms with Crippen LogP contribution in [0.5, 0.6) is 0 Å². The van der Waals surface area contributed by atoms with E-state index in [0.717, 1.165) is 27.8 Å². The van der Waals surface area contributed by atoms with Crippen LogP contribution in [0.4, 0.5) is 5.82 Å². The van der Waals surface area contributed by atoms with Gasteiger partial charge in [0.15, 0.2) is 0 Å². The SMILES string of the molecule is Cc1nc(NC2CCC(C)C2C)ccc1Br. The van der Waals surface area contributed by atoms with Gasteiger partial charge in [0.1, 0.15) is 5.82 Å². The zero-order valence-corrected chi connectivity index (χ0v) is 11.7. The average Bonchev–Trinajstić information content (AvgIpc) is 2.55. The first-order valence-electron chi connectivity index (χ1n) is 5.97. The van der Waals surface area contributed by atoms with Gasteiger partial charge in [0.05, 0.1) is 5.69 Å². The van der Waals surface area contributed by atoms with Crippen LogP contribution < -0.4 is 5.32 Å². The lowest BCUT2D eigenvalue weighted by Crippen LogP contribution is -2.24. The fraction of sp³-hybridized carbons (Fsp3) is 0.615. The Hall–Kier alpha value is -0.570. The van der Waals surface area contributed by atoms with Crippen LogP contribution in [-0.4, -0.2) is 11.0 Å². The van der Waals surface area contributed by atoms with Crippen molar-refractivity contribution in [1.82, 2.24) is 4.98 Å². The van der Waals surface area contributed by atoms with Crippen LogP contribution >= 0.6 is 15.9 Å². The van der Waals surface area contributed by atoms with Crippen LogP contribution in [0.15, 0.2) is 16.6 Å². The van der Waals surface area contributed by atoms with E-state index in [1.165, 1.54) is 12.8 Å². The first kappa shape index (κ1) is 11.9. The maximum absolute atomic E-state index is 4.54. The first-order valence-corrected chi connectivity index (χ1v) is 6.77. The highest BCUT2D eigenvalue weighted by atomic mass is 79.9. The maximum Gasteiger partial charge on any atom is 0.126 e. The topological polar surface area (TPSA) is 24.9 Å². The molecule has 1 aromatic rings. The number of aryl methyl sites for hydroxylation is 1. The predicted octanol–water partition coefficient (Wildman–Crippen LogP) is 4.00. The third kappa shape index (κ3) is 2.40. The van der Waals surface area contributed by atoms with Crippen LogP contribution in [0, 0.1) is 18.8 Å². The number of pyridine rings is 1. The van der Waals surface area contributed by atoms with Crippen molar-refractivity contribution in [2.75, 3.05) is 5.32 Å². The van der Waals surface area contributed by atoms with Crippen molar-refractivity contribution in [2.45, 2.75) is 39.7 Å². The monoisotopic (exact) mass is 282 g/mol. The minimum absolute atomic E-state index is 0.586. The lowest BCUT2D eigenvalue weighted by molar-refractivity contribution is 0.435. The molecule has 1 fully saturated rings. The van der Waals surface area contributed by atoms with Gasteiger partial charge in [-0.3, -0.25) is 0 Å². The first-order chi connectivity index (χ1) is 7.58. The van der Waals surface area contributed by atoms with Crippen molar-refractivity contribution in [3.63, 3.8) is 0 Å². The van der Waals surface area contributed by atoms with Crippen LogP contribution in [0.25, 0.3) is 0 Å². The zero-order chi connectivity index (χ0) is 11.7. The largest absolute Gasteiger partial charge is 0.367 e. The van der Waals surface area contributed by atoms with E-state index in [1.54, 1.807) is 0 Å². The molecule has 3 atom stereocenters. The van der Waals surface area contributed by atoms with E-state index in [-0.39, 0.29) is 0 Å². The smallest absolute Gasteiger partial charge is 0.126 e. The highest BCUT2D eigenvalue weighted by Gasteiger charge is 2.29. The van der Waals surface area contributed by atoms with Crippen LogP contribution in [-0.2, 0) is 0 Å². The molecule has 16 heavy (non-hydrogen) atoms. The van der Waals surface area contributed by atoms with Gasteiger partial charge in [-0.05, 0) is 59.7 Å². The summed E-state index contributed by atoms with van der Waals surface area (Å²) in [5.74, 6) is 2.58. The normalized spacial score (nSPS) is 29.4. The number of nitrogens with one attached hydrogen (secondary N) is 1. The van der Waals surface area contributed by atoms with Gasteiger partial charge in [-0.25, -0.2) is 4.98 Å². The highest BCUT2D eigenvalue weighted by molar-refractivity contribution is 9.10. The molecule has 0 saturated heterocycles. The molecule has 0 aliphatic heterocycles. The van der Waals surface area contributed by atoms with Crippen molar-refractivity contribution in [1.29, 1.82) is 0 Å². The van der Waals surface area contributed by atoms with Crippen LogP contribution in [0.3, 0.4) is 0 Å². The van der Waals surface area contributed by atoms with Crippen molar-refractivity contribution < 1.29 is 0 Å². The molecule has 2 nitrogen and oxygen atoms in total. The highest BCUT2D eigenvalue weighted by Crippen LogP contribution is 2.33. The number of hydrogen-bond donors (Lipinski definition) is 1. The predicted molar refractivity (Wildman–Crippen MR) is 71.6 cm³/mol. The van der Waals surface area contributed by atoms with Gasteiger partial charge in [0.2, 0.25) is 0 Å². The number of anilines is 1. The Kier molecular flexibility index (Phi) is 3.53. The minimum Gasteiger partial charge on any atom is -0.367 e. The van der Waals surface area contributed by atoms with Crippen molar-refractivity contribution in [2.24, 2.45) is 11.8 Å². The molecular weight excluding hydrogens is 264 g/mol. The Morgan fingerprint density at radius 1 is 1.31 bits per heavy atom. The molecule has 3 unspecified atom stereocenters. The summed E-state index contributed by atoms with van der Waals surface area (Å²) in [6.45, 7) is 6.70. The number of rotatable bonds is 2. The van der Waals surface area contributed by atoms with E-state index in [2.05, 4.69) is 46.1 Å². The fourth-order valence-electron chi connectivity index (χ4n) is 2.38. The van der Waals surface area contributed by atoms with E-state index < -0.39 is 0 Å². The van der Waals surface area contributed by atoms with Gasteiger partial charge in [0, 0.05) is 10.5 Å². The molecule has 1 N–H and O–H groups in total. The lowest BCUT2D eigenvalue weighted by atomic mass is 9.98. The summed E-state index contributed by atoms with van der Waals surface area (Å²) in [6, 6.07) is 4.70. The quantitative estimate of drug-likeness (QED) is 0.887. The van der Waals surface area contributed by atoms with E-state index in [9.17, 15) is 0 Å². The average molecular weight is 283 g/mol. The van der Waals surface area contributed by atoms with E-state index in [4.69, 9.17) is 0 Å². The van der Waals surface area contributed by atoms with E-state index in [0.29, 0.717) is 6.04 Å². The second kappa shape index (κ2) is 4.74. The standard InChI is InChI=1S/C13H19BrN2/c1-8-4-6-12(9(8)2)16-13-7-5-11(14)10(3)15-13/h5,7-9,12H,4,6H2,1-3H3,(H,15,16). The molecule has 0 spiro atoms. The third-order valence-electron chi connectivity index (χ3n) is 3.82. The Bertz CT molecular complexity index is 378. The summed E-state index contributed by atoms with van der Waals surface area (Å²) >= 11 is 3.47. The molecule has 0 aromatic carbocycles. The minimum atomic E-state index is 0.586. The number of nitrogens with zero attached hydrogens (tertiary/aromatic N) is 1. The van der Waals surface area contributed by atoms with Gasteiger partial charge in [-0.15, -0.1) is 0 Å². The van der Waals surface area contributed by atoms with Gasteiger partial charge < -0.3 is 5.32 Å². The molecule has 0 bridgehead atoms. The van der Waals surface area contributed by atoms with Gasteiger partial charge in [0.25, 0.3) is 0 Å². The lowest BCUT2D eigenvalue weighted by Gasteiger charge is -2.20. The molecular formula is C13H19BrN2. The molecule has 3 heteroatoms. The molecule has 88 valence electrons. The van der Waals surface area contributed by atoms with Crippen molar-refractivity contribution >= 4 is 21.7 Å². The Balaban J connectivity index is 2.07. The molecule has 2 rings (SSSR count). The summed E-state index contributed by atoms with van der Waals surface area (Å²) in [5.41, 5.74) is 1.05. The van der Waals surface area contributed by atoms with E-state index >= 15 is 0 Å². The van der Waals surface area contributed by atoms with E-state index in [1.807, 2.05) is 13.0 Å². The molecule has 1 aromatic heterocycles. The Labute approximate surface area is 106 Å². The van der Waals surface area contributed by atoms with Crippen LogP contribution in [0.1, 0.15) is 32.4 Å². The van der Waals surface area contributed by atoms with Gasteiger partial charge in [-0.2, -0.15) is 0 Å². The number of halogens is 1. The molecule has 1 saturated carbocycles. The summed E-state index contributed by atoms with van der Waals surface area (Å²) < 4.78 is 1.07. The number of aromatic nitrogens is 1. The Morgan fingerprint density at radius 3 is 2.62 bits per heavy atom. The summed E-state index contributed by atoms with van der Waals surface area (Å²) in [6.07, 6.45) is 2.59. The Morgan fingerprint density at radius 2 is 2.06 bits per heavy atom. The summed E-state index contributed by atoms with van der Waals surface area (Å²) in [5, 5.41) is 3.56. The third-order valence-corrected chi connectivity index (χ3v) is 4.66. The van der Waals surface area contributed by atoms with Gasteiger partial charge in [-0.1, -0.05) is 13.8 Å². The second-order valence-corrected chi connectivity index (χ2v) is 5.78. The molecule has 1 aliphatic carbocycles. The van der Waals surface area contributed by atoms with Gasteiger partial charge >= 0.3 is 0 Å². The summed E-state index contributed by atoms with van der Waals surface area (Å²) in [7, 11) is 0. The second-order valence-electron chi connectivity index (χ2n) is 4.93. The zero-order valence-electron chi connectivity index (χ0n) is 10.1. The fourth-order valence-corrected chi connectivity index (χ4v) is 2.60. The molecule has 0 amide bonds. The van der Waals surface area contributed by atoms with Crippen molar-refractivity contribution in [3.8, 4) is 0 Å². The molecule has 1 heterocycles. The molecule has 1 aliphatic rings. The molecule has 0 radical (unpaired) electrons.